The standard InChI is InChI=1S/C26H36ClN3O3/c1-8-10-11-22(31)32-17-33-25(24-23(27)18(3)29-30(24)9-2)21(16-28-7)19-12-14-20(15-13-19)26(4,5)6/h12-16H,8-11,17H2,1-7H3/b25-21-,28-16-. The molecular weight excluding hydrogens is 438 g/mol. The molecule has 33 heavy (non-hydrogen) atoms. The van der Waals surface area contributed by atoms with Crippen LogP contribution in [0.1, 0.15) is 76.4 Å². The highest BCUT2D eigenvalue weighted by Gasteiger charge is 2.23. The van der Waals surface area contributed by atoms with Gasteiger partial charge in [0.05, 0.1) is 10.7 Å². The van der Waals surface area contributed by atoms with Gasteiger partial charge in [0, 0.05) is 31.8 Å². The monoisotopic (exact) mass is 473 g/mol. The van der Waals surface area contributed by atoms with Crippen LogP contribution in [0.25, 0.3) is 11.3 Å². The van der Waals surface area contributed by atoms with Crippen molar-refractivity contribution in [1.82, 2.24) is 9.78 Å². The lowest BCUT2D eigenvalue weighted by Gasteiger charge is -2.20. The summed E-state index contributed by atoms with van der Waals surface area (Å²) >= 11 is 6.66. The number of esters is 1. The van der Waals surface area contributed by atoms with Gasteiger partial charge in [-0.05, 0) is 36.8 Å². The molecule has 0 N–H and O–H groups in total. The van der Waals surface area contributed by atoms with Gasteiger partial charge in [-0.15, -0.1) is 0 Å². The van der Waals surface area contributed by atoms with E-state index >= 15 is 0 Å². The number of ether oxygens (including phenoxy) is 2. The smallest absolute Gasteiger partial charge is 0.308 e. The van der Waals surface area contributed by atoms with Crippen molar-refractivity contribution in [2.45, 2.75) is 72.8 Å². The van der Waals surface area contributed by atoms with Gasteiger partial charge in [0.1, 0.15) is 5.69 Å². The summed E-state index contributed by atoms with van der Waals surface area (Å²) in [6.07, 6.45) is 3.80. The lowest BCUT2D eigenvalue weighted by Crippen LogP contribution is -2.12. The van der Waals surface area contributed by atoms with Crippen molar-refractivity contribution >= 4 is 35.1 Å². The van der Waals surface area contributed by atoms with Crippen LogP contribution in [0.2, 0.25) is 5.02 Å². The van der Waals surface area contributed by atoms with Crippen molar-refractivity contribution in [1.29, 1.82) is 0 Å². The Kier molecular flexibility index (Phi) is 9.71. The first-order valence-corrected chi connectivity index (χ1v) is 11.8. The van der Waals surface area contributed by atoms with Gasteiger partial charge in [-0.2, -0.15) is 5.10 Å². The zero-order valence-electron chi connectivity index (χ0n) is 20.9. The number of benzene rings is 1. The topological polar surface area (TPSA) is 65.7 Å². The number of rotatable bonds is 10. The van der Waals surface area contributed by atoms with Gasteiger partial charge in [-0.1, -0.05) is 70.0 Å². The Bertz CT molecular complexity index is 999. The van der Waals surface area contributed by atoms with Crippen LogP contribution >= 0.6 is 11.6 Å². The third-order valence-electron chi connectivity index (χ3n) is 5.29. The minimum Gasteiger partial charge on any atom is -0.454 e. The first kappa shape index (κ1) is 26.7. The fourth-order valence-corrected chi connectivity index (χ4v) is 3.59. The van der Waals surface area contributed by atoms with Crippen molar-refractivity contribution in [2.75, 3.05) is 13.8 Å². The van der Waals surface area contributed by atoms with Crippen LogP contribution in [0, 0.1) is 6.92 Å². The number of hydrogen-bond acceptors (Lipinski definition) is 5. The molecule has 2 rings (SSSR count). The Morgan fingerprint density at radius 3 is 2.39 bits per heavy atom. The van der Waals surface area contributed by atoms with Crippen LogP contribution < -0.4 is 0 Å². The van der Waals surface area contributed by atoms with Crippen molar-refractivity contribution in [3.05, 3.63) is 51.8 Å². The van der Waals surface area contributed by atoms with Crippen molar-refractivity contribution in [3.63, 3.8) is 0 Å². The molecule has 0 aliphatic carbocycles. The molecule has 0 fully saturated rings. The molecule has 0 amide bonds. The second-order valence-electron chi connectivity index (χ2n) is 8.90. The van der Waals surface area contributed by atoms with E-state index in [1.165, 1.54) is 5.56 Å². The zero-order valence-corrected chi connectivity index (χ0v) is 21.6. The number of hydrogen-bond donors (Lipinski definition) is 0. The molecular formula is C26H36ClN3O3. The lowest BCUT2D eigenvalue weighted by atomic mass is 9.86. The van der Waals surface area contributed by atoms with E-state index < -0.39 is 0 Å². The number of halogens is 1. The van der Waals surface area contributed by atoms with Gasteiger partial charge in [0.2, 0.25) is 6.79 Å². The summed E-state index contributed by atoms with van der Waals surface area (Å²) in [7, 11) is 1.70. The van der Waals surface area contributed by atoms with Gasteiger partial charge in [-0.3, -0.25) is 14.5 Å². The molecule has 180 valence electrons. The van der Waals surface area contributed by atoms with Crippen LogP contribution in [-0.4, -0.2) is 35.8 Å². The highest BCUT2D eigenvalue weighted by Crippen LogP contribution is 2.34. The largest absolute Gasteiger partial charge is 0.454 e. The molecule has 0 bridgehead atoms. The third kappa shape index (κ3) is 6.94. The number of nitrogens with zero attached hydrogens (tertiary/aromatic N) is 3. The Labute approximate surface area is 202 Å². The molecule has 1 aromatic carbocycles. The van der Waals surface area contributed by atoms with Gasteiger partial charge >= 0.3 is 5.97 Å². The van der Waals surface area contributed by atoms with E-state index in [0.29, 0.717) is 35.1 Å². The first-order valence-electron chi connectivity index (χ1n) is 11.4. The van der Waals surface area contributed by atoms with E-state index in [2.05, 4.69) is 43.0 Å². The fraction of sp³-hybridized carbons (Fsp3) is 0.500. The molecule has 1 aromatic heterocycles. The molecule has 6 nitrogen and oxygen atoms in total. The van der Waals surface area contributed by atoms with E-state index in [1.54, 1.807) is 17.9 Å². The van der Waals surface area contributed by atoms with E-state index in [4.69, 9.17) is 21.1 Å². The number of carbonyl (C=O) groups excluding carboxylic acids is 1. The molecule has 7 heteroatoms. The van der Waals surface area contributed by atoms with Crippen molar-refractivity contribution in [2.24, 2.45) is 4.99 Å². The molecule has 0 aliphatic heterocycles. The molecule has 0 unspecified atom stereocenters. The molecule has 2 aromatic rings. The molecule has 1 heterocycles. The normalized spacial score (nSPS) is 12.7. The Hall–Kier alpha value is -2.60. The van der Waals surface area contributed by atoms with Crippen LogP contribution in [0.15, 0.2) is 29.3 Å². The van der Waals surface area contributed by atoms with Gasteiger partial charge < -0.3 is 9.47 Å². The summed E-state index contributed by atoms with van der Waals surface area (Å²) < 4.78 is 13.2. The lowest BCUT2D eigenvalue weighted by molar-refractivity contribution is -0.151. The predicted octanol–water partition coefficient (Wildman–Crippen LogP) is 6.44. The van der Waals surface area contributed by atoms with E-state index in [-0.39, 0.29) is 18.2 Å². The predicted molar refractivity (Wildman–Crippen MR) is 136 cm³/mol. The molecule has 0 saturated heterocycles. The second kappa shape index (κ2) is 12.0. The highest BCUT2D eigenvalue weighted by atomic mass is 35.5. The van der Waals surface area contributed by atoms with Gasteiger partial charge in [0.25, 0.3) is 0 Å². The SMILES string of the molecule is CCCCC(=O)OCO/C(=C(/C=N\C)c1ccc(C(C)(C)C)cc1)c1c(Cl)c(C)nn1CC. The summed E-state index contributed by atoms with van der Waals surface area (Å²) in [5, 5.41) is 5.03. The summed E-state index contributed by atoms with van der Waals surface area (Å²) in [6.45, 7) is 12.8. The third-order valence-corrected chi connectivity index (χ3v) is 5.74. The fourth-order valence-electron chi connectivity index (χ4n) is 3.37. The van der Waals surface area contributed by atoms with Crippen LogP contribution in [0.5, 0.6) is 0 Å². The number of carbonyl (C=O) groups is 1. The second-order valence-corrected chi connectivity index (χ2v) is 9.28. The Morgan fingerprint density at radius 1 is 1.18 bits per heavy atom. The summed E-state index contributed by atoms with van der Waals surface area (Å²) in [5.74, 6) is 0.183. The molecule has 0 radical (unpaired) electrons. The van der Waals surface area contributed by atoms with Crippen molar-refractivity contribution < 1.29 is 14.3 Å². The van der Waals surface area contributed by atoms with Crippen molar-refractivity contribution in [3.8, 4) is 0 Å². The average molecular weight is 474 g/mol. The van der Waals surface area contributed by atoms with E-state index in [9.17, 15) is 4.79 Å². The minimum atomic E-state index is -0.289. The first-order chi connectivity index (χ1) is 15.6. The highest BCUT2D eigenvalue weighted by molar-refractivity contribution is 6.33. The minimum absolute atomic E-state index is 0.0362. The van der Waals surface area contributed by atoms with Crippen LogP contribution in [-0.2, 0) is 26.2 Å². The molecule has 0 spiro atoms. The zero-order chi connectivity index (χ0) is 24.6. The van der Waals surface area contributed by atoms with Gasteiger partial charge in [-0.25, -0.2) is 0 Å². The molecule has 0 saturated carbocycles. The molecule has 0 atom stereocenters. The summed E-state index contributed by atoms with van der Waals surface area (Å²) in [6, 6.07) is 8.29. The van der Waals surface area contributed by atoms with Gasteiger partial charge in [0.15, 0.2) is 5.76 Å². The number of aromatic nitrogens is 2. The van der Waals surface area contributed by atoms with Crippen LogP contribution in [0.4, 0.5) is 0 Å². The number of unbranched alkanes of at least 4 members (excludes halogenated alkanes) is 1. The summed E-state index contributed by atoms with van der Waals surface area (Å²) in [4.78, 5) is 16.3. The maximum Gasteiger partial charge on any atom is 0.308 e. The average Bonchev–Trinajstić information content (AvgIpc) is 3.07. The molecule has 0 aliphatic rings. The number of aliphatic imine (C=N–C) groups is 1. The summed E-state index contributed by atoms with van der Waals surface area (Å²) in [5.41, 5.74) is 4.24. The quantitative estimate of drug-likeness (QED) is 0.172. The maximum absolute atomic E-state index is 12.0. The van der Waals surface area contributed by atoms with E-state index in [0.717, 1.165) is 24.0 Å². The van der Waals surface area contributed by atoms with Crippen LogP contribution in [0.3, 0.4) is 0 Å². The van der Waals surface area contributed by atoms with E-state index in [1.807, 2.05) is 32.9 Å². The Morgan fingerprint density at radius 2 is 1.85 bits per heavy atom. The Balaban J connectivity index is 2.57. The maximum atomic E-state index is 12.0. The number of allylic oxidation sites excluding steroid dienone is 1. The number of aryl methyl sites for hydroxylation is 2.